The predicted molar refractivity (Wildman–Crippen MR) is 147 cm³/mol. The Kier molecular flexibility index (Phi) is 7.17. The number of piperazine rings is 1. The summed E-state index contributed by atoms with van der Waals surface area (Å²) in [6, 6.07) is 15.5. The van der Waals surface area contributed by atoms with Crippen LogP contribution in [0.1, 0.15) is 52.9 Å². The largest absolute Gasteiger partial charge is 0.489 e. The molecule has 3 aliphatic heterocycles. The molecule has 2 saturated heterocycles. The summed E-state index contributed by atoms with van der Waals surface area (Å²) in [5.41, 5.74) is 3.62. The lowest BCUT2D eigenvalue weighted by atomic mass is 10.0. The van der Waals surface area contributed by atoms with Crippen molar-refractivity contribution in [1.82, 2.24) is 25.1 Å². The molecule has 3 aliphatic rings. The number of amides is 3. The van der Waals surface area contributed by atoms with E-state index < -0.39 is 11.9 Å². The summed E-state index contributed by atoms with van der Waals surface area (Å²) in [6.45, 7) is 6.68. The highest BCUT2D eigenvalue weighted by atomic mass is 16.5. The Morgan fingerprint density at radius 2 is 1.82 bits per heavy atom. The molecule has 1 unspecified atom stereocenters. The standard InChI is InChI=1S/C30H32N6O4/c1-20(34-13-15-35(16-14-34)27-11-12-31-19-32-27)22-7-5-21(6-8-22)18-40-26-4-2-3-23-24(26)17-36(30(23)39)25-9-10-28(37)33-29(25)38/h2-8,11-12,19-20,25H,9-10,13-18H2,1H3,(H,33,37,38)/t20?,25-/m0/s1. The summed E-state index contributed by atoms with van der Waals surface area (Å²) in [5, 5.41) is 2.34. The SMILES string of the molecule is CC(c1ccc(COc2cccc3c2CN([C@H]2CCC(=O)NC2=O)C3=O)cc1)N1CCN(c2ccncn2)CC1. The zero-order valence-electron chi connectivity index (χ0n) is 22.5. The molecule has 40 heavy (non-hydrogen) atoms. The number of benzene rings is 2. The number of imide groups is 1. The summed E-state index contributed by atoms with van der Waals surface area (Å²) >= 11 is 0. The first kappa shape index (κ1) is 25.9. The van der Waals surface area contributed by atoms with Gasteiger partial charge in [0, 0.05) is 56.0 Å². The summed E-state index contributed by atoms with van der Waals surface area (Å²) in [6.07, 6.45) is 3.94. The Balaban J connectivity index is 1.06. The van der Waals surface area contributed by atoms with Crippen LogP contribution in [0, 0.1) is 0 Å². The maximum atomic E-state index is 13.1. The second-order valence-electron chi connectivity index (χ2n) is 10.5. The van der Waals surface area contributed by atoms with E-state index in [1.54, 1.807) is 29.6 Å². The van der Waals surface area contributed by atoms with Gasteiger partial charge >= 0.3 is 0 Å². The second kappa shape index (κ2) is 11.1. The van der Waals surface area contributed by atoms with Crippen molar-refractivity contribution in [3.05, 3.63) is 83.3 Å². The van der Waals surface area contributed by atoms with Crippen molar-refractivity contribution in [2.45, 2.75) is 45.0 Å². The number of nitrogens with zero attached hydrogens (tertiary/aromatic N) is 5. The van der Waals surface area contributed by atoms with Crippen LogP contribution in [0.4, 0.5) is 5.82 Å². The van der Waals surface area contributed by atoms with Crippen molar-refractivity contribution >= 4 is 23.5 Å². The molecule has 3 amide bonds. The Morgan fingerprint density at radius 3 is 2.55 bits per heavy atom. The van der Waals surface area contributed by atoms with Gasteiger partial charge < -0.3 is 14.5 Å². The Labute approximate surface area is 233 Å². The summed E-state index contributed by atoms with van der Waals surface area (Å²) in [4.78, 5) is 51.7. The van der Waals surface area contributed by atoms with E-state index in [2.05, 4.69) is 56.3 Å². The molecular formula is C30H32N6O4. The molecule has 206 valence electrons. The molecule has 1 aromatic heterocycles. The van der Waals surface area contributed by atoms with Crippen LogP contribution in [0.3, 0.4) is 0 Å². The fourth-order valence-electron chi connectivity index (χ4n) is 5.77. The molecule has 10 nitrogen and oxygen atoms in total. The van der Waals surface area contributed by atoms with E-state index in [0.29, 0.717) is 30.4 Å². The normalized spacial score (nSPS) is 20.3. The van der Waals surface area contributed by atoms with Gasteiger partial charge in [0.2, 0.25) is 11.8 Å². The van der Waals surface area contributed by atoms with E-state index in [1.165, 1.54) is 5.56 Å². The average Bonchev–Trinajstić information content (AvgIpc) is 3.33. The number of anilines is 1. The fraction of sp³-hybridized carbons (Fsp3) is 0.367. The van der Waals surface area contributed by atoms with Gasteiger partial charge in [0.25, 0.3) is 5.91 Å². The topological polar surface area (TPSA) is 108 Å². The second-order valence-corrected chi connectivity index (χ2v) is 10.5. The molecule has 6 rings (SSSR count). The minimum absolute atomic E-state index is 0.203. The van der Waals surface area contributed by atoms with Crippen LogP contribution < -0.4 is 15.0 Å². The van der Waals surface area contributed by atoms with Gasteiger partial charge in [0.05, 0.1) is 6.54 Å². The van der Waals surface area contributed by atoms with Crippen LogP contribution in [-0.2, 0) is 22.7 Å². The molecule has 0 saturated carbocycles. The number of hydrogen-bond donors (Lipinski definition) is 1. The van der Waals surface area contributed by atoms with Crippen LogP contribution >= 0.6 is 0 Å². The van der Waals surface area contributed by atoms with Crippen LogP contribution in [0.25, 0.3) is 0 Å². The van der Waals surface area contributed by atoms with Gasteiger partial charge in [0.15, 0.2) is 0 Å². The minimum atomic E-state index is -0.643. The number of piperidine rings is 1. The number of nitrogens with one attached hydrogen (secondary N) is 1. The van der Waals surface area contributed by atoms with Gasteiger partial charge in [0.1, 0.15) is 30.5 Å². The Bertz CT molecular complexity index is 1410. The van der Waals surface area contributed by atoms with Crippen molar-refractivity contribution in [3.63, 3.8) is 0 Å². The third-order valence-corrected chi connectivity index (χ3v) is 8.15. The first-order chi connectivity index (χ1) is 19.5. The third-order valence-electron chi connectivity index (χ3n) is 8.15. The van der Waals surface area contributed by atoms with Gasteiger partial charge in [-0.2, -0.15) is 0 Å². The number of ether oxygens (including phenoxy) is 1. The van der Waals surface area contributed by atoms with E-state index in [9.17, 15) is 14.4 Å². The Morgan fingerprint density at radius 1 is 1.02 bits per heavy atom. The number of carbonyl (C=O) groups excluding carboxylic acids is 3. The molecule has 0 aliphatic carbocycles. The van der Waals surface area contributed by atoms with E-state index in [0.717, 1.165) is 43.1 Å². The average molecular weight is 541 g/mol. The summed E-state index contributed by atoms with van der Waals surface area (Å²) < 4.78 is 6.17. The lowest BCUT2D eigenvalue weighted by Gasteiger charge is -2.38. The van der Waals surface area contributed by atoms with Gasteiger partial charge in [-0.15, -0.1) is 0 Å². The molecule has 0 radical (unpaired) electrons. The highest BCUT2D eigenvalue weighted by Crippen LogP contribution is 2.34. The van der Waals surface area contributed by atoms with Crippen molar-refractivity contribution in [2.75, 3.05) is 31.1 Å². The molecule has 1 N–H and O–H groups in total. The monoisotopic (exact) mass is 540 g/mol. The summed E-state index contributed by atoms with van der Waals surface area (Å²) in [5.74, 6) is 0.701. The van der Waals surface area contributed by atoms with E-state index in [1.807, 2.05) is 12.1 Å². The zero-order valence-corrected chi connectivity index (χ0v) is 22.5. The molecule has 4 heterocycles. The van der Waals surface area contributed by atoms with Crippen LogP contribution in [0.15, 0.2) is 61.1 Å². The predicted octanol–water partition coefficient (Wildman–Crippen LogP) is 2.70. The first-order valence-electron chi connectivity index (χ1n) is 13.7. The Hall–Kier alpha value is -4.31. The molecule has 3 aromatic rings. The molecule has 2 fully saturated rings. The highest BCUT2D eigenvalue weighted by molar-refractivity contribution is 6.05. The fourth-order valence-corrected chi connectivity index (χ4v) is 5.77. The number of aromatic nitrogens is 2. The lowest BCUT2D eigenvalue weighted by Crippen LogP contribution is -2.52. The van der Waals surface area contributed by atoms with Gasteiger partial charge in [-0.1, -0.05) is 30.3 Å². The third kappa shape index (κ3) is 5.14. The number of fused-ring (bicyclic) bond motifs is 1. The van der Waals surface area contributed by atoms with Crippen molar-refractivity contribution in [1.29, 1.82) is 0 Å². The lowest BCUT2D eigenvalue weighted by molar-refractivity contribution is -0.136. The van der Waals surface area contributed by atoms with E-state index in [4.69, 9.17) is 4.74 Å². The van der Waals surface area contributed by atoms with Crippen LogP contribution in [0.2, 0.25) is 0 Å². The van der Waals surface area contributed by atoms with Crippen LogP contribution in [-0.4, -0.2) is 69.7 Å². The van der Waals surface area contributed by atoms with Crippen molar-refractivity contribution in [3.8, 4) is 5.75 Å². The van der Waals surface area contributed by atoms with Gasteiger partial charge in [-0.05, 0) is 42.7 Å². The quantitative estimate of drug-likeness (QED) is 0.456. The molecule has 2 aromatic carbocycles. The molecular weight excluding hydrogens is 508 g/mol. The van der Waals surface area contributed by atoms with E-state index in [-0.39, 0.29) is 24.8 Å². The molecule has 0 spiro atoms. The summed E-state index contributed by atoms with van der Waals surface area (Å²) in [7, 11) is 0. The minimum Gasteiger partial charge on any atom is -0.489 e. The van der Waals surface area contributed by atoms with Gasteiger partial charge in [-0.25, -0.2) is 9.97 Å². The number of hydrogen-bond acceptors (Lipinski definition) is 8. The highest BCUT2D eigenvalue weighted by Gasteiger charge is 2.40. The maximum Gasteiger partial charge on any atom is 0.255 e. The molecule has 10 heteroatoms. The number of carbonyl (C=O) groups is 3. The smallest absolute Gasteiger partial charge is 0.255 e. The van der Waals surface area contributed by atoms with Crippen molar-refractivity contribution < 1.29 is 19.1 Å². The zero-order chi connectivity index (χ0) is 27.6. The first-order valence-corrected chi connectivity index (χ1v) is 13.7. The molecule has 2 atom stereocenters. The van der Waals surface area contributed by atoms with E-state index >= 15 is 0 Å². The molecule has 0 bridgehead atoms. The van der Waals surface area contributed by atoms with Gasteiger partial charge in [-0.3, -0.25) is 24.6 Å². The maximum absolute atomic E-state index is 13.1. The number of rotatable bonds is 7. The van der Waals surface area contributed by atoms with Crippen LogP contribution in [0.5, 0.6) is 5.75 Å². The van der Waals surface area contributed by atoms with Crippen molar-refractivity contribution in [2.24, 2.45) is 0 Å².